The molecule has 88 valence electrons. The van der Waals surface area contributed by atoms with Crippen molar-refractivity contribution in [1.29, 1.82) is 0 Å². The van der Waals surface area contributed by atoms with Gasteiger partial charge in [-0.05, 0) is 12.8 Å². The monoisotopic (exact) mass is 216 g/mol. The number of hydrogen-bond donors (Lipinski definition) is 3. The van der Waals surface area contributed by atoms with E-state index in [2.05, 4.69) is 5.32 Å². The first-order valence-corrected chi connectivity index (χ1v) is 5.30. The second-order valence-electron chi connectivity index (χ2n) is 3.53. The lowest BCUT2D eigenvalue weighted by Gasteiger charge is -2.17. The maximum atomic E-state index is 11.6. The molecule has 0 saturated carbocycles. The SMILES string of the molecule is CCCC(CN)C(=O)N[C@@H](CC)C(=O)O. The predicted octanol–water partition coefficient (Wildman–Crippen LogP) is 0.341. The van der Waals surface area contributed by atoms with Gasteiger partial charge in [0.2, 0.25) is 5.91 Å². The van der Waals surface area contributed by atoms with Crippen molar-refractivity contribution in [3.63, 3.8) is 0 Å². The Hall–Kier alpha value is -1.10. The molecule has 1 unspecified atom stereocenters. The van der Waals surface area contributed by atoms with E-state index in [0.717, 1.165) is 6.42 Å². The number of nitrogens with two attached hydrogens (primary N) is 1. The van der Waals surface area contributed by atoms with Crippen LogP contribution in [0.5, 0.6) is 0 Å². The minimum Gasteiger partial charge on any atom is -0.480 e. The lowest BCUT2D eigenvalue weighted by Crippen LogP contribution is -2.44. The molecule has 0 aromatic heterocycles. The lowest BCUT2D eigenvalue weighted by atomic mass is 10.0. The van der Waals surface area contributed by atoms with Crippen LogP contribution in [-0.4, -0.2) is 29.6 Å². The first kappa shape index (κ1) is 13.9. The first-order valence-electron chi connectivity index (χ1n) is 5.30. The fraction of sp³-hybridized carbons (Fsp3) is 0.800. The van der Waals surface area contributed by atoms with Crippen LogP contribution < -0.4 is 11.1 Å². The predicted molar refractivity (Wildman–Crippen MR) is 57.3 cm³/mol. The molecule has 15 heavy (non-hydrogen) atoms. The quantitative estimate of drug-likeness (QED) is 0.572. The van der Waals surface area contributed by atoms with Gasteiger partial charge < -0.3 is 16.2 Å². The van der Waals surface area contributed by atoms with Gasteiger partial charge in [-0.1, -0.05) is 20.3 Å². The van der Waals surface area contributed by atoms with Gasteiger partial charge in [0.15, 0.2) is 0 Å². The van der Waals surface area contributed by atoms with Gasteiger partial charge in [-0.15, -0.1) is 0 Å². The first-order chi connectivity index (χ1) is 7.06. The van der Waals surface area contributed by atoms with Gasteiger partial charge in [0.1, 0.15) is 6.04 Å². The summed E-state index contributed by atoms with van der Waals surface area (Å²) in [5.74, 6) is -1.53. The van der Waals surface area contributed by atoms with E-state index in [1.807, 2.05) is 6.92 Å². The molecule has 1 amide bonds. The highest BCUT2D eigenvalue weighted by Crippen LogP contribution is 2.05. The second kappa shape index (κ2) is 7.23. The van der Waals surface area contributed by atoms with Crippen LogP contribution in [-0.2, 0) is 9.59 Å². The van der Waals surface area contributed by atoms with Crippen LogP contribution in [0.15, 0.2) is 0 Å². The maximum Gasteiger partial charge on any atom is 0.326 e. The summed E-state index contributed by atoms with van der Waals surface area (Å²) in [4.78, 5) is 22.3. The molecule has 0 aromatic carbocycles. The molecule has 0 spiro atoms. The molecule has 0 aliphatic heterocycles. The van der Waals surface area contributed by atoms with Gasteiger partial charge >= 0.3 is 5.97 Å². The fourth-order valence-corrected chi connectivity index (χ4v) is 1.33. The number of amides is 1. The average molecular weight is 216 g/mol. The third-order valence-corrected chi connectivity index (χ3v) is 2.32. The zero-order chi connectivity index (χ0) is 11.8. The number of carbonyl (C=O) groups is 2. The Morgan fingerprint density at radius 1 is 1.40 bits per heavy atom. The summed E-state index contributed by atoms with van der Waals surface area (Å²) in [6.45, 7) is 3.94. The lowest BCUT2D eigenvalue weighted by molar-refractivity contribution is -0.142. The highest BCUT2D eigenvalue weighted by Gasteiger charge is 2.22. The molecule has 0 saturated heterocycles. The van der Waals surface area contributed by atoms with Crippen LogP contribution in [0.3, 0.4) is 0 Å². The van der Waals surface area contributed by atoms with Crippen molar-refractivity contribution < 1.29 is 14.7 Å². The van der Waals surface area contributed by atoms with E-state index in [0.29, 0.717) is 12.8 Å². The van der Waals surface area contributed by atoms with Gasteiger partial charge in [0.25, 0.3) is 0 Å². The van der Waals surface area contributed by atoms with E-state index in [9.17, 15) is 9.59 Å². The third-order valence-electron chi connectivity index (χ3n) is 2.32. The van der Waals surface area contributed by atoms with Gasteiger partial charge in [-0.2, -0.15) is 0 Å². The minimum atomic E-state index is -1.00. The molecule has 0 aromatic rings. The smallest absolute Gasteiger partial charge is 0.326 e. The van der Waals surface area contributed by atoms with Crippen LogP contribution in [0.4, 0.5) is 0 Å². The molecule has 0 bridgehead atoms. The largest absolute Gasteiger partial charge is 0.480 e. The Morgan fingerprint density at radius 3 is 2.33 bits per heavy atom. The van der Waals surface area contributed by atoms with Crippen molar-refractivity contribution in [2.24, 2.45) is 11.7 Å². The van der Waals surface area contributed by atoms with Crippen molar-refractivity contribution in [2.75, 3.05) is 6.54 Å². The Bertz CT molecular complexity index is 219. The van der Waals surface area contributed by atoms with Crippen LogP contribution >= 0.6 is 0 Å². The van der Waals surface area contributed by atoms with Crippen molar-refractivity contribution >= 4 is 11.9 Å². The summed E-state index contributed by atoms with van der Waals surface area (Å²) in [7, 11) is 0. The molecule has 5 nitrogen and oxygen atoms in total. The molecular weight excluding hydrogens is 196 g/mol. The minimum absolute atomic E-state index is 0.256. The van der Waals surface area contributed by atoms with Crippen LogP contribution in [0.2, 0.25) is 0 Å². The highest BCUT2D eigenvalue weighted by atomic mass is 16.4. The number of rotatable bonds is 7. The van der Waals surface area contributed by atoms with E-state index in [4.69, 9.17) is 10.8 Å². The van der Waals surface area contributed by atoms with Gasteiger partial charge in [0.05, 0.1) is 5.92 Å². The standard InChI is InChI=1S/C10H20N2O3/c1-3-5-7(6-11)9(13)12-8(4-2)10(14)15/h7-8H,3-6,11H2,1-2H3,(H,12,13)(H,14,15)/t7?,8-/m0/s1. The summed E-state index contributed by atoms with van der Waals surface area (Å²) in [5.41, 5.74) is 5.44. The molecule has 0 aliphatic carbocycles. The summed E-state index contributed by atoms with van der Waals surface area (Å²) in [6.07, 6.45) is 1.93. The van der Waals surface area contributed by atoms with Crippen LogP contribution in [0.1, 0.15) is 33.1 Å². The van der Waals surface area contributed by atoms with Crippen molar-refractivity contribution in [1.82, 2.24) is 5.32 Å². The zero-order valence-electron chi connectivity index (χ0n) is 9.32. The van der Waals surface area contributed by atoms with Crippen molar-refractivity contribution in [3.05, 3.63) is 0 Å². The number of carboxylic acid groups (broad SMARTS) is 1. The fourth-order valence-electron chi connectivity index (χ4n) is 1.33. The van der Waals surface area contributed by atoms with Gasteiger partial charge in [-0.3, -0.25) is 4.79 Å². The topological polar surface area (TPSA) is 92.4 Å². The number of aliphatic carboxylic acids is 1. The molecule has 0 radical (unpaired) electrons. The van der Waals surface area contributed by atoms with E-state index in [-0.39, 0.29) is 18.4 Å². The normalized spacial score (nSPS) is 14.3. The van der Waals surface area contributed by atoms with E-state index >= 15 is 0 Å². The van der Waals surface area contributed by atoms with Crippen LogP contribution in [0.25, 0.3) is 0 Å². The Morgan fingerprint density at radius 2 is 2.00 bits per heavy atom. The molecule has 0 heterocycles. The second-order valence-corrected chi connectivity index (χ2v) is 3.53. The number of carbonyl (C=O) groups excluding carboxylic acids is 1. The number of carboxylic acids is 1. The Kier molecular flexibility index (Phi) is 6.70. The van der Waals surface area contributed by atoms with Gasteiger partial charge in [0, 0.05) is 6.54 Å². The van der Waals surface area contributed by atoms with Gasteiger partial charge in [-0.25, -0.2) is 4.79 Å². The van der Waals surface area contributed by atoms with E-state index in [1.54, 1.807) is 6.92 Å². The molecule has 2 atom stereocenters. The summed E-state index contributed by atoms with van der Waals surface area (Å²) < 4.78 is 0. The van der Waals surface area contributed by atoms with Crippen molar-refractivity contribution in [3.8, 4) is 0 Å². The zero-order valence-corrected chi connectivity index (χ0v) is 9.32. The summed E-state index contributed by atoms with van der Waals surface area (Å²) in [6, 6.07) is -0.802. The van der Waals surface area contributed by atoms with Crippen LogP contribution in [0, 0.1) is 5.92 Å². The molecule has 0 rings (SSSR count). The molecule has 0 fully saturated rings. The molecule has 4 N–H and O–H groups in total. The maximum absolute atomic E-state index is 11.6. The number of nitrogens with one attached hydrogen (secondary N) is 1. The van der Waals surface area contributed by atoms with E-state index in [1.165, 1.54) is 0 Å². The number of hydrogen-bond acceptors (Lipinski definition) is 3. The molecule has 0 aliphatic rings. The third kappa shape index (κ3) is 4.78. The highest BCUT2D eigenvalue weighted by molar-refractivity contribution is 5.85. The van der Waals surface area contributed by atoms with E-state index < -0.39 is 12.0 Å². The average Bonchev–Trinajstić information content (AvgIpc) is 2.21. The summed E-state index contributed by atoms with van der Waals surface area (Å²) in [5, 5.41) is 11.2. The van der Waals surface area contributed by atoms with Crippen molar-refractivity contribution in [2.45, 2.75) is 39.2 Å². The Balaban J connectivity index is 4.24. The summed E-state index contributed by atoms with van der Waals surface area (Å²) >= 11 is 0. The Labute approximate surface area is 90.0 Å². The molecule has 5 heteroatoms. The molecular formula is C10H20N2O3.